The second-order valence-electron chi connectivity index (χ2n) is 5.85. The molecule has 0 aliphatic heterocycles. The van der Waals surface area contributed by atoms with Gasteiger partial charge in [0.15, 0.2) is 5.13 Å². The van der Waals surface area contributed by atoms with Crippen LogP contribution in [0.25, 0.3) is 0 Å². The van der Waals surface area contributed by atoms with Crippen molar-refractivity contribution in [3.8, 4) is 0 Å². The third-order valence-electron chi connectivity index (χ3n) is 3.85. The highest BCUT2D eigenvalue weighted by Gasteiger charge is 2.11. The number of anilines is 3. The second-order valence-corrected chi connectivity index (χ2v) is 6.71. The Morgan fingerprint density at radius 3 is 2.67 bits per heavy atom. The van der Waals surface area contributed by atoms with E-state index in [0.717, 1.165) is 12.1 Å². The predicted octanol–water partition coefficient (Wildman–Crippen LogP) is 4.54. The van der Waals surface area contributed by atoms with Gasteiger partial charge in [0.25, 0.3) is 5.69 Å². The van der Waals surface area contributed by atoms with Crippen molar-refractivity contribution in [1.82, 2.24) is 4.98 Å². The molecule has 0 saturated carbocycles. The van der Waals surface area contributed by atoms with E-state index in [1.165, 1.54) is 35.1 Å². The standard InChI is InChI=1S/C19H18N4O3S/c1-2-13-6-8-14(9-7-13)21-19-22-16(12-27-19)11-18(24)20-15-4-3-5-17(10-15)23(25)26/h3-10,12H,2,11H2,1H3,(H,20,24)(H,21,22). The lowest BCUT2D eigenvalue weighted by molar-refractivity contribution is -0.384. The van der Waals surface area contributed by atoms with E-state index in [1.54, 1.807) is 6.07 Å². The van der Waals surface area contributed by atoms with Crippen LogP contribution in [0.2, 0.25) is 0 Å². The predicted molar refractivity (Wildman–Crippen MR) is 107 cm³/mol. The minimum Gasteiger partial charge on any atom is -0.332 e. The van der Waals surface area contributed by atoms with Crippen LogP contribution in [0.15, 0.2) is 53.9 Å². The molecule has 0 radical (unpaired) electrons. The van der Waals surface area contributed by atoms with Crippen LogP contribution in [0.4, 0.5) is 22.2 Å². The minimum atomic E-state index is -0.499. The Labute approximate surface area is 160 Å². The first-order valence-corrected chi connectivity index (χ1v) is 9.26. The minimum absolute atomic E-state index is 0.0676. The summed E-state index contributed by atoms with van der Waals surface area (Å²) < 4.78 is 0. The summed E-state index contributed by atoms with van der Waals surface area (Å²) >= 11 is 1.42. The number of aromatic nitrogens is 1. The molecule has 0 atom stereocenters. The van der Waals surface area contributed by atoms with Gasteiger partial charge in [-0.1, -0.05) is 25.1 Å². The Morgan fingerprint density at radius 2 is 1.96 bits per heavy atom. The number of hydrogen-bond donors (Lipinski definition) is 2. The summed E-state index contributed by atoms with van der Waals surface area (Å²) in [5.74, 6) is -0.278. The van der Waals surface area contributed by atoms with Gasteiger partial charge in [0.1, 0.15) is 0 Å². The molecule has 1 aromatic heterocycles. The Bertz CT molecular complexity index is 954. The molecule has 0 spiro atoms. The van der Waals surface area contributed by atoms with Crippen LogP contribution in [0, 0.1) is 10.1 Å². The van der Waals surface area contributed by atoms with E-state index in [2.05, 4.69) is 34.7 Å². The first-order valence-electron chi connectivity index (χ1n) is 8.38. The molecular weight excluding hydrogens is 364 g/mol. The van der Waals surface area contributed by atoms with E-state index in [0.29, 0.717) is 16.5 Å². The highest BCUT2D eigenvalue weighted by Crippen LogP contribution is 2.22. The summed E-state index contributed by atoms with van der Waals surface area (Å²) in [7, 11) is 0. The summed E-state index contributed by atoms with van der Waals surface area (Å²) in [5, 5.41) is 19.2. The van der Waals surface area contributed by atoms with Crippen molar-refractivity contribution in [2.45, 2.75) is 19.8 Å². The average molecular weight is 382 g/mol. The Hall–Kier alpha value is -3.26. The van der Waals surface area contributed by atoms with Crippen LogP contribution in [-0.2, 0) is 17.6 Å². The molecule has 1 heterocycles. The van der Waals surface area contributed by atoms with Gasteiger partial charge in [0, 0.05) is 28.9 Å². The molecule has 138 valence electrons. The SMILES string of the molecule is CCc1ccc(Nc2nc(CC(=O)Nc3cccc([N+](=O)[O-])c3)cs2)cc1. The van der Waals surface area contributed by atoms with Crippen LogP contribution in [0.5, 0.6) is 0 Å². The normalized spacial score (nSPS) is 10.4. The summed E-state index contributed by atoms with van der Waals surface area (Å²) in [6.45, 7) is 2.11. The van der Waals surface area contributed by atoms with Crippen molar-refractivity contribution in [2.75, 3.05) is 10.6 Å². The number of carbonyl (C=O) groups excluding carboxylic acids is 1. The lowest BCUT2D eigenvalue weighted by Gasteiger charge is -2.04. The molecule has 8 heteroatoms. The number of hydrogen-bond acceptors (Lipinski definition) is 6. The zero-order valence-corrected chi connectivity index (χ0v) is 15.5. The summed E-state index contributed by atoms with van der Waals surface area (Å²) in [4.78, 5) is 26.9. The maximum atomic E-state index is 12.2. The number of carbonyl (C=O) groups is 1. The highest BCUT2D eigenvalue weighted by molar-refractivity contribution is 7.13. The molecule has 0 bridgehead atoms. The fourth-order valence-electron chi connectivity index (χ4n) is 2.46. The molecule has 0 aliphatic rings. The molecule has 3 aromatic rings. The van der Waals surface area contributed by atoms with Crippen LogP contribution in [-0.4, -0.2) is 15.8 Å². The van der Waals surface area contributed by atoms with Crippen molar-refractivity contribution in [1.29, 1.82) is 0 Å². The highest BCUT2D eigenvalue weighted by atomic mass is 32.1. The summed E-state index contributed by atoms with van der Waals surface area (Å²) in [6.07, 6.45) is 1.08. The Morgan fingerprint density at radius 1 is 1.19 bits per heavy atom. The van der Waals surface area contributed by atoms with Gasteiger partial charge in [0.2, 0.25) is 5.91 Å². The number of rotatable bonds is 7. The second kappa shape index (κ2) is 8.41. The van der Waals surface area contributed by atoms with Gasteiger partial charge < -0.3 is 10.6 Å². The van der Waals surface area contributed by atoms with E-state index < -0.39 is 4.92 Å². The van der Waals surface area contributed by atoms with Gasteiger partial charge in [-0.15, -0.1) is 11.3 Å². The average Bonchev–Trinajstić information content (AvgIpc) is 3.09. The Balaban J connectivity index is 1.59. The van der Waals surface area contributed by atoms with Gasteiger partial charge in [-0.2, -0.15) is 0 Å². The molecule has 0 fully saturated rings. The monoisotopic (exact) mass is 382 g/mol. The molecule has 7 nitrogen and oxygen atoms in total. The summed E-state index contributed by atoms with van der Waals surface area (Å²) in [6, 6.07) is 13.9. The third-order valence-corrected chi connectivity index (χ3v) is 4.65. The molecular formula is C19H18N4O3S. The third kappa shape index (κ3) is 5.11. The van der Waals surface area contributed by atoms with E-state index in [9.17, 15) is 14.9 Å². The molecule has 0 aliphatic carbocycles. The van der Waals surface area contributed by atoms with Crippen molar-refractivity contribution < 1.29 is 9.72 Å². The maximum absolute atomic E-state index is 12.2. The quantitative estimate of drug-likeness (QED) is 0.462. The number of nitro groups is 1. The van der Waals surface area contributed by atoms with E-state index in [-0.39, 0.29) is 18.0 Å². The number of thiazole rings is 1. The van der Waals surface area contributed by atoms with Crippen LogP contribution >= 0.6 is 11.3 Å². The van der Waals surface area contributed by atoms with E-state index in [1.807, 2.05) is 17.5 Å². The zero-order valence-electron chi connectivity index (χ0n) is 14.6. The lowest BCUT2D eigenvalue weighted by Crippen LogP contribution is -2.14. The summed E-state index contributed by atoms with van der Waals surface area (Å²) in [5.41, 5.74) is 3.16. The molecule has 27 heavy (non-hydrogen) atoms. The van der Waals surface area contributed by atoms with Crippen LogP contribution < -0.4 is 10.6 Å². The van der Waals surface area contributed by atoms with Crippen molar-refractivity contribution in [3.63, 3.8) is 0 Å². The fourth-order valence-corrected chi connectivity index (χ4v) is 3.19. The lowest BCUT2D eigenvalue weighted by atomic mass is 10.1. The first-order chi connectivity index (χ1) is 13.0. The maximum Gasteiger partial charge on any atom is 0.271 e. The smallest absolute Gasteiger partial charge is 0.271 e. The number of nitro benzene ring substituents is 1. The number of nitrogens with one attached hydrogen (secondary N) is 2. The number of non-ortho nitro benzene ring substituents is 1. The van der Waals surface area contributed by atoms with Gasteiger partial charge in [-0.25, -0.2) is 4.98 Å². The molecule has 0 unspecified atom stereocenters. The van der Waals surface area contributed by atoms with Crippen LogP contribution in [0.1, 0.15) is 18.2 Å². The van der Waals surface area contributed by atoms with Crippen LogP contribution in [0.3, 0.4) is 0 Å². The van der Waals surface area contributed by atoms with Crippen molar-refractivity contribution >= 4 is 39.4 Å². The van der Waals surface area contributed by atoms with E-state index in [4.69, 9.17) is 0 Å². The molecule has 3 rings (SSSR count). The van der Waals surface area contributed by atoms with Crippen molar-refractivity contribution in [2.24, 2.45) is 0 Å². The largest absolute Gasteiger partial charge is 0.332 e. The molecule has 1 amide bonds. The molecule has 0 saturated heterocycles. The van der Waals surface area contributed by atoms with Gasteiger partial charge in [0.05, 0.1) is 17.0 Å². The van der Waals surface area contributed by atoms with E-state index >= 15 is 0 Å². The number of aryl methyl sites for hydroxylation is 1. The fraction of sp³-hybridized carbons (Fsp3) is 0.158. The zero-order chi connectivity index (χ0) is 19.2. The van der Waals surface area contributed by atoms with Crippen molar-refractivity contribution in [3.05, 3.63) is 75.3 Å². The number of amides is 1. The molecule has 2 aromatic carbocycles. The topological polar surface area (TPSA) is 97.2 Å². The first kappa shape index (κ1) is 18.5. The van der Waals surface area contributed by atoms with Gasteiger partial charge in [-0.05, 0) is 30.2 Å². The van der Waals surface area contributed by atoms with Gasteiger partial charge in [-0.3, -0.25) is 14.9 Å². The molecule has 2 N–H and O–H groups in total. The Kier molecular flexibility index (Phi) is 5.77. The number of nitrogens with zero attached hydrogens (tertiary/aromatic N) is 2. The van der Waals surface area contributed by atoms with Gasteiger partial charge >= 0.3 is 0 Å². The number of benzene rings is 2.